The van der Waals surface area contributed by atoms with E-state index in [0.717, 1.165) is 61.0 Å². The molecule has 0 aliphatic carbocycles. The summed E-state index contributed by atoms with van der Waals surface area (Å²) in [6, 6.07) is 12.7. The number of fused-ring (bicyclic) bond motifs is 1. The van der Waals surface area contributed by atoms with Gasteiger partial charge in [0.25, 0.3) is 0 Å². The van der Waals surface area contributed by atoms with E-state index in [9.17, 15) is 4.79 Å². The molecular formula is C27H35N3O2S2. The predicted molar refractivity (Wildman–Crippen MR) is 144 cm³/mol. The van der Waals surface area contributed by atoms with Gasteiger partial charge in [-0.15, -0.1) is 11.8 Å². The van der Waals surface area contributed by atoms with E-state index in [1.165, 1.54) is 15.2 Å². The zero-order valence-corrected chi connectivity index (χ0v) is 22.3. The summed E-state index contributed by atoms with van der Waals surface area (Å²) in [6.07, 6.45) is 1.31. The van der Waals surface area contributed by atoms with Gasteiger partial charge in [0.2, 0.25) is 5.91 Å². The fourth-order valence-electron chi connectivity index (χ4n) is 4.20. The lowest BCUT2D eigenvalue weighted by Gasteiger charge is -2.27. The van der Waals surface area contributed by atoms with Crippen molar-refractivity contribution >= 4 is 44.4 Å². The molecule has 182 valence electrons. The Bertz CT molecular complexity index is 1070. The number of carbonyl (C=O) groups is 1. The van der Waals surface area contributed by atoms with E-state index in [4.69, 9.17) is 9.72 Å². The summed E-state index contributed by atoms with van der Waals surface area (Å²) in [5.74, 6) is 0.112. The van der Waals surface area contributed by atoms with Crippen LogP contribution in [0.1, 0.15) is 37.0 Å². The van der Waals surface area contributed by atoms with E-state index in [2.05, 4.69) is 69.0 Å². The standard InChI is InChI=1S/C27H35N3O2S2/c1-19(2)33-23-10-8-22(9-11-23)18-24(31)30(13-5-12-29-14-16-32-17-15-29)27-28-25-20(3)6-7-21(4)26(25)34-27/h6-11,19H,5,12-18H2,1-4H3. The number of hydrogen-bond acceptors (Lipinski definition) is 6. The third-order valence-corrected chi connectivity index (χ3v) is 8.30. The molecule has 7 heteroatoms. The van der Waals surface area contributed by atoms with E-state index in [0.29, 0.717) is 18.2 Å². The predicted octanol–water partition coefficient (Wildman–Crippen LogP) is 5.71. The van der Waals surface area contributed by atoms with Crippen LogP contribution >= 0.6 is 23.1 Å². The number of morpholine rings is 1. The van der Waals surface area contributed by atoms with E-state index in [1.807, 2.05) is 16.7 Å². The Morgan fingerprint density at radius 2 is 1.82 bits per heavy atom. The minimum atomic E-state index is 0.112. The van der Waals surface area contributed by atoms with Crippen LogP contribution in [0.25, 0.3) is 10.2 Å². The Kier molecular flexibility index (Phi) is 8.64. The monoisotopic (exact) mass is 497 g/mol. The van der Waals surface area contributed by atoms with Crippen molar-refractivity contribution in [1.29, 1.82) is 0 Å². The summed E-state index contributed by atoms with van der Waals surface area (Å²) in [4.78, 5) is 24.1. The zero-order valence-electron chi connectivity index (χ0n) is 20.7. The van der Waals surface area contributed by atoms with E-state index in [1.54, 1.807) is 11.3 Å². The molecule has 1 fully saturated rings. The molecule has 0 N–H and O–H groups in total. The molecule has 0 saturated carbocycles. The number of thioether (sulfide) groups is 1. The SMILES string of the molecule is Cc1ccc(C)c2sc(N(CCCN3CCOCC3)C(=O)Cc3ccc(SC(C)C)cc3)nc12. The van der Waals surface area contributed by atoms with Crippen molar-refractivity contribution in [3.63, 3.8) is 0 Å². The lowest BCUT2D eigenvalue weighted by atomic mass is 10.1. The number of ether oxygens (including phenoxy) is 1. The molecule has 0 unspecified atom stereocenters. The summed E-state index contributed by atoms with van der Waals surface area (Å²) >= 11 is 3.48. The molecule has 1 aromatic heterocycles. The maximum Gasteiger partial charge on any atom is 0.233 e. The van der Waals surface area contributed by atoms with Gasteiger partial charge in [-0.3, -0.25) is 14.6 Å². The number of thiazole rings is 1. The summed E-state index contributed by atoms with van der Waals surface area (Å²) < 4.78 is 6.65. The number of carbonyl (C=O) groups excluding carboxylic acids is 1. The Hall–Kier alpha value is -1.93. The van der Waals surface area contributed by atoms with Crippen molar-refractivity contribution in [2.75, 3.05) is 44.3 Å². The van der Waals surface area contributed by atoms with Crippen LogP contribution in [0, 0.1) is 13.8 Å². The van der Waals surface area contributed by atoms with Gasteiger partial charge in [-0.25, -0.2) is 4.98 Å². The minimum Gasteiger partial charge on any atom is -0.379 e. The second kappa shape index (κ2) is 11.7. The zero-order chi connectivity index (χ0) is 24.1. The molecule has 0 atom stereocenters. The van der Waals surface area contributed by atoms with Crippen molar-refractivity contribution in [1.82, 2.24) is 9.88 Å². The first-order valence-corrected chi connectivity index (χ1v) is 13.8. The smallest absolute Gasteiger partial charge is 0.233 e. The van der Waals surface area contributed by atoms with Gasteiger partial charge in [-0.1, -0.05) is 49.4 Å². The van der Waals surface area contributed by atoms with Gasteiger partial charge in [0.15, 0.2) is 5.13 Å². The van der Waals surface area contributed by atoms with Crippen molar-refractivity contribution in [2.45, 2.75) is 50.7 Å². The molecule has 1 aliphatic rings. The number of hydrogen-bond donors (Lipinski definition) is 0. The summed E-state index contributed by atoms with van der Waals surface area (Å²) in [5, 5.41) is 1.35. The number of anilines is 1. The van der Waals surface area contributed by atoms with Crippen molar-refractivity contribution in [3.05, 3.63) is 53.1 Å². The highest BCUT2D eigenvalue weighted by atomic mass is 32.2. The molecule has 4 rings (SSSR count). The van der Waals surface area contributed by atoms with E-state index < -0.39 is 0 Å². The average molecular weight is 498 g/mol. The fraction of sp³-hybridized carbons (Fsp3) is 0.481. The number of amides is 1. The maximum atomic E-state index is 13.6. The first-order chi connectivity index (χ1) is 16.4. The third kappa shape index (κ3) is 6.39. The Morgan fingerprint density at radius 1 is 1.12 bits per heavy atom. The topological polar surface area (TPSA) is 45.7 Å². The van der Waals surface area contributed by atoms with E-state index >= 15 is 0 Å². The number of aromatic nitrogens is 1. The highest BCUT2D eigenvalue weighted by Gasteiger charge is 2.22. The molecule has 2 heterocycles. The van der Waals surface area contributed by atoms with Crippen LogP contribution in [0.4, 0.5) is 5.13 Å². The van der Waals surface area contributed by atoms with Gasteiger partial charge in [-0.2, -0.15) is 0 Å². The van der Waals surface area contributed by atoms with Crippen LogP contribution in [0.15, 0.2) is 41.3 Å². The van der Waals surface area contributed by atoms with Gasteiger partial charge in [0, 0.05) is 36.3 Å². The summed E-state index contributed by atoms with van der Waals surface area (Å²) in [7, 11) is 0. The number of aryl methyl sites for hydroxylation is 2. The second-order valence-corrected chi connectivity index (χ2v) is 11.8. The molecule has 5 nitrogen and oxygen atoms in total. The highest BCUT2D eigenvalue weighted by molar-refractivity contribution is 7.99. The lowest BCUT2D eigenvalue weighted by Crippen LogP contribution is -2.39. The molecule has 1 amide bonds. The van der Waals surface area contributed by atoms with Crippen molar-refractivity contribution in [2.24, 2.45) is 0 Å². The van der Waals surface area contributed by atoms with Gasteiger partial charge >= 0.3 is 0 Å². The molecule has 3 aromatic rings. The third-order valence-electron chi connectivity index (χ3n) is 6.07. The summed E-state index contributed by atoms with van der Waals surface area (Å²) in [5.41, 5.74) is 4.43. The highest BCUT2D eigenvalue weighted by Crippen LogP contribution is 2.33. The fourth-order valence-corrected chi connectivity index (χ4v) is 6.19. The Morgan fingerprint density at radius 3 is 2.50 bits per heavy atom. The van der Waals surface area contributed by atoms with Gasteiger partial charge in [-0.05, 0) is 49.1 Å². The van der Waals surface area contributed by atoms with Crippen LogP contribution in [-0.4, -0.2) is 60.4 Å². The van der Waals surface area contributed by atoms with Gasteiger partial charge in [0.1, 0.15) is 0 Å². The van der Waals surface area contributed by atoms with E-state index in [-0.39, 0.29) is 5.91 Å². The van der Waals surface area contributed by atoms with Gasteiger partial charge in [0.05, 0.1) is 29.9 Å². The molecule has 2 aromatic carbocycles. The largest absolute Gasteiger partial charge is 0.379 e. The molecule has 1 aliphatic heterocycles. The van der Waals surface area contributed by atoms with Crippen LogP contribution in [0.3, 0.4) is 0 Å². The maximum absolute atomic E-state index is 13.6. The Labute approximate surface area is 211 Å². The van der Waals surface area contributed by atoms with Crippen molar-refractivity contribution < 1.29 is 9.53 Å². The van der Waals surface area contributed by atoms with Crippen LogP contribution in [0.2, 0.25) is 0 Å². The quantitative estimate of drug-likeness (QED) is 0.354. The summed E-state index contributed by atoms with van der Waals surface area (Å²) in [6.45, 7) is 13.8. The molecule has 0 bridgehead atoms. The first-order valence-electron chi connectivity index (χ1n) is 12.1. The molecule has 34 heavy (non-hydrogen) atoms. The number of nitrogens with zero attached hydrogens (tertiary/aromatic N) is 3. The molecular weight excluding hydrogens is 462 g/mol. The lowest BCUT2D eigenvalue weighted by molar-refractivity contribution is -0.118. The molecule has 1 saturated heterocycles. The average Bonchev–Trinajstić information content (AvgIpc) is 3.27. The minimum absolute atomic E-state index is 0.112. The normalized spacial score (nSPS) is 14.7. The van der Waals surface area contributed by atoms with Gasteiger partial charge < -0.3 is 4.74 Å². The van der Waals surface area contributed by atoms with Crippen LogP contribution in [0.5, 0.6) is 0 Å². The number of benzene rings is 2. The van der Waals surface area contributed by atoms with Crippen LogP contribution < -0.4 is 4.90 Å². The molecule has 0 radical (unpaired) electrons. The van der Waals surface area contributed by atoms with Crippen molar-refractivity contribution in [3.8, 4) is 0 Å². The number of rotatable bonds is 9. The first kappa shape index (κ1) is 25.2. The van der Waals surface area contributed by atoms with Crippen LogP contribution in [-0.2, 0) is 16.0 Å². The molecule has 0 spiro atoms. The Balaban J connectivity index is 1.52. The second-order valence-electron chi connectivity index (χ2n) is 9.21.